The number of amides is 2. The van der Waals surface area contributed by atoms with Gasteiger partial charge in [-0.05, 0) is 56.0 Å². The molecule has 6 rings (SSSR count). The molecule has 332 valence electrons. The molecule has 0 unspecified atom stereocenters. The average molecular weight is 853 g/mol. The van der Waals surface area contributed by atoms with E-state index in [0.29, 0.717) is 18.4 Å². The van der Waals surface area contributed by atoms with Crippen LogP contribution in [0, 0.1) is 0 Å². The van der Waals surface area contributed by atoms with Crippen molar-refractivity contribution in [2.24, 2.45) is 0 Å². The van der Waals surface area contributed by atoms with Gasteiger partial charge in [-0.15, -0.1) is 0 Å². The Kier molecular flexibility index (Phi) is 15.1. The van der Waals surface area contributed by atoms with Crippen LogP contribution in [0.4, 0.5) is 0 Å². The zero-order valence-electron chi connectivity index (χ0n) is 34.4. The predicted molar refractivity (Wildman–Crippen MR) is 215 cm³/mol. The number of benzene rings is 2. The van der Waals surface area contributed by atoms with Gasteiger partial charge < -0.3 is 64.6 Å². The number of fused-ring (bicyclic) bond motifs is 2. The van der Waals surface area contributed by atoms with Crippen LogP contribution in [0.3, 0.4) is 0 Å². The van der Waals surface area contributed by atoms with Crippen LogP contribution in [0.2, 0.25) is 0 Å². The van der Waals surface area contributed by atoms with E-state index in [1.165, 1.54) is 0 Å². The molecule has 7 N–H and O–H groups in total. The first-order chi connectivity index (χ1) is 29.1. The summed E-state index contributed by atoms with van der Waals surface area (Å²) in [6, 6.07) is 13.9. The number of esters is 2. The fourth-order valence-corrected chi connectivity index (χ4v) is 7.82. The van der Waals surface area contributed by atoms with Crippen LogP contribution in [-0.4, -0.2) is 142 Å². The highest BCUT2D eigenvalue weighted by Gasteiger charge is 2.55. The summed E-state index contributed by atoms with van der Waals surface area (Å²) in [5.74, 6) is -3.09. The first-order valence-corrected chi connectivity index (χ1v) is 20.5. The molecule has 1 spiro atoms. The van der Waals surface area contributed by atoms with Crippen molar-refractivity contribution < 1.29 is 73.1 Å². The SMILES string of the molecule is CC(C)(C)OC(=O)CC[C@@H](CO)NC(=O)CCNC(=O)C1=C[C@H]2OC3(Cc4ccccc4C3)O[C@H]2[C@H](OC(=O)c2ccccc2C=CCO[C@H]2O[C@H](CO)[C@H](O)[C@H](O)[C@H]2O)C1. The minimum atomic E-state index is -1.59. The minimum Gasteiger partial charge on any atom is -0.460 e. The Hall–Kier alpha value is -4.56. The summed E-state index contributed by atoms with van der Waals surface area (Å²) in [5, 5.41) is 55.1. The van der Waals surface area contributed by atoms with E-state index in [0.717, 1.165) is 11.1 Å². The number of hydrogen-bond donors (Lipinski definition) is 7. The Morgan fingerprint density at radius 1 is 0.934 bits per heavy atom. The minimum absolute atomic E-state index is 0.00645. The first kappa shape index (κ1) is 46.0. The van der Waals surface area contributed by atoms with Gasteiger partial charge in [0, 0.05) is 44.2 Å². The molecule has 2 amide bonds. The van der Waals surface area contributed by atoms with Gasteiger partial charge in [-0.3, -0.25) is 14.4 Å². The van der Waals surface area contributed by atoms with Gasteiger partial charge in [0.2, 0.25) is 11.8 Å². The molecule has 4 aliphatic rings. The summed E-state index contributed by atoms with van der Waals surface area (Å²) in [6.45, 7) is 4.10. The highest BCUT2D eigenvalue weighted by molar-refractivity contribution is 5.95. The molecule has 2 fully saturated rings. The summed E-state index contributed by atoms with van der Waals surface area (Å²) in [7, 11) is 0. The molecule has 9 atom stereocenters. The summed E-state index contributed by atoms with van der Waals surface area (Å²) in [5.41, 5.74) is 2.42. The fourth-order valence-electron chi connectivity index (χ4n) is 7.82. The number of aliphatic hydroxyl groups excluding tert-OH is 5. The van der Waals surface area contributed by atoms with Gasteiger partial charge >= 0.3 is 11.9 Å². The maximum absolute atomic E-state index is 13.9. The number of carbonyl (C=O) groups excluding carboxylic acids is 4. The van der Waals surface area contributed by atoms with Gasteiger partial charge in [-0.2, -0.15) is 0 Å². The quantitative estimate of drug-likeness (QED) is 0.115. The number of ether oxygens (including phenoxy) is 6. The molecule has 2 saturated heterocycles. The van der Waals surface area contributed by atoms with E-state index in [1.54, 1.807) is 63.3 Å². The van der Waals surface area contributed by atoms with Gasteiger partial charge in [0.05, 0.1) is 31.4 Å². The van der Waals surface area contributed by atoms with Crippen LogP contribution in [0.15, 0.2) is 66.3 Å². The van der Waals surface area contributed by atoms with E-state index >= 15 is 0 Å². The predicted octanol–water partition coefficient (Wildman–Crippen LogP) is 0.756. The molecule has 2 aromatic carbocycles. The van der Waals surface area contributed by atoms with Gasteiger partial charge in [0.15, 0.2) is 12.1 Å². The van der Waals surface area contributed by atoms with E-state index < -0.39 is 96.8 Å². The van der Waals surface area contributed by atoms with Crippen LogP contribution in [-0.2, 0) is 55.6 Å². The number of carbonyl (C=O) groups is 4. The second kappa shape index (κ2) is 20.1. The number of aliphatic hydroxyl groups is 5. The molecule has 0 aromatic heterocycles. The normalized spacial score (nSPS) is 27.2. The summed E-state index contributed by atoms with van der Waals surface area (Å²) in [6.07, 6.45) is -3.76. The molecule has 61 heavy (non-hydrogen) atoms. The Balaban J connectivity index is 1.09. The largest absolute Gasteiger partial charge is 0.460 e. The summed E-state index contributed by atoms with van der Waals surface area (Å²) < 4.78 is 35.5. The molecule has 2 aliphatic carbocycles. The van der Waals surface area contributed by atoms with Crippen molar-refractivity contribution in [2.75, 3.05) is 26.4 Å². The van der Waals surface area contributed by atoms with Crippen molar-refractivity contribution in [2.45, 2.75) is 126 Å². The topological polar surface area (TPSA) is 249 Å². The fraction of sp³-hybridized carbons (Fsp3) is 0.545. The van der Waals surface area contributed by atoms with Crippen LogP contribution in [0.5, 0.6) is 0 Å². The highest BCUT2D eigenvalue weighted by Crippen LogP contribution is 2.45. The molecule has 2 heterocycles. The van der Waals surface area contributed by atoms with Crippen molar-refractivity contribution in [3.8, 4) is 0 Å². The maximum Gasteiger partial charge on any atom is 0.339 e. The highest BCUT2D eigenvalue weighted by atomic mass is 16.8. The zero-order valence-corrected chi connectivity index (χ0v) is 34.4. The van der Waals surface area contributed by atoms with Crippen molar-refractivity contribution >= 4 is 29.8 Å². The second-order valence-electron chi connectivity index (χ2n) is 16.6. The Morgan fingerprint density at radius 2 is 1.64 bits per heavy atom. The number of hydrogen-bond acceptors (Lipinski definition) is 15. The second-order valence-corrected chi connectivity index (χ2v) is 16.6. The van der Waals surface area contributed by atoms with E-state index in [1.807, 2.05) is 24.3 Å². The molecule has 0 saturated carbocycles. The number of rotatable bonds is 16. The Bertz CT molecular complexity index is 1920. The standard InChI is InChI=1S/C44H56N2O15/c1-43(2,3)60-35(50)15-14-29(23-47)46-34(49)16-17-45-40(54)28-19-31(39-32(20-28)59-44(61-39)21-26-10-4-5-11-27(26)22-44)57-41(55)30-13-7-6-9-25(30)12-8-18-56-42-38(53)37(52)36(51)33(24-48)58-42/h4-13,20,29,31-33,36-39,42,47-48,51-53H,14-19,21-24H2,1-3H3,(H,45,54)(H,46,49)/t29-,31+,32+,33+,36-,37-,38+,39-,42-/m0/s1. The van der Waals surface area contributed by atoms with E-state index in [2.05, 4.69) is 10.6 Å². The van der Waals surface area contributed by atoms with E-state index in [9.17, 15) is 44.7 Å². The Morgan fingerprint density at radius 3 is 2.33 bits per heavy atom. The third-order valence-electron chi connectivity index (χ3n) is 10.8. The molecule has 2 aromatic rings. The third kappa shape index (κ3) is 11.7. The molecule has 17 heteroatoms. The van der Waals surface area contributed by atoms with Gasteiger partial charge in [0.1, 0.15) is 48.3 Å². The van der Waals surface area contributed by atoms with Crippen LogP contribution in [0.25, 0.3) is 6.08 Å². The Labute approximate surface area is 353 Å². The first-order valence-electron chi connectivity index (χ1n) is 20.5. The molecule has 0 bridgehead atoms. The molecular weight excluding hydrogens is 796 g/mol. The van der Waals surface area contributed by atoms with E-state index in [-0.39, 0.29) is 56.6 Å². The van der Waals surface area contributed by atoms with Crippen molar-refractivity contribution in [3.63, 3.8) is 0 Å². The third-order valence-corrected chi connectivity index (χ3v) is 10.8. The monoisotopic (exact) mass is 852 g/mol. The molecule has 0 radical (unpaired) electrons. The summed E-state index contributed by atoms with van der Waals surface area (Å²) in [4.78, 5) is 52.4. The van der Waals surface area contributed by atoms with Gasteiger partial charge in [0.25, 0.3) is 0 Å². The number of nitrogens with one attached hydrogen (secondary N) is 2. The van der Waals surface area contributed by atoms with Crippen molar-refractivity contribution in [1.29, 1.82) is 0 Å². The average Bonchev–Trinajstić information content (AvgIpc) is 3.78. The van der Waals surface area contributed by atoms with Crippen molar-refractivity contribution in [1.82, 2.24) is 10.6 Å². The van der Waals surface area contributed by atoms with E-state index in [4.69, 9.17) is 28.4 Å². The molecule has 2 aliphatic heterocycles. The lowest BCUT2D eigenvalue weighted by Gasteiger charge is -2.39. The lowest BCUT2D eigenvalue weighted by Crippen LogP contribution is -2.59. The lowest BCUT2D eigenvalue weighted by atomic mass is 9.91. The lowest BCUT2D eigenvalue weighted by molar-refractivity contribution is -0.298. The van der Waals surface area contributed by atoms with Crippen LogP contribution in [0.1, 0.15) is 73.5 Å². The summed E-state index contributed by atoms with van der Waals surface area (Å²) >= 11 is 0. The van der Waals surface area contributed by atoms with Crippen LogP contribution < -0.4 is 10.6 Å². The smallest absolute Gasteiger partial charge is 0.339 e. The maximum atomic E-state index is 13.9. The van der Waals surface area contributed by atoms with Crippen LogP contribution >= 0.6 is 0 Å². The van der Waals surface area contributed by atoms with Gasteiger partial charge in [-0.25, -0.2) is 4.79 Å². The molecule has 17 nitrogen and oxygen atoms in total. The zero-order chi connectivity index (χ0) is 43.9. The van der Waals surface area contributed by atoms with Crippen molar-refractivity contribution in [3.05, 3.63) is 88.5 Å². The van der Waals surface area contributed by atoms with Gasteiger partial charge in [-0.1, -0.05) is 54.6 Å². The molecular formula is C44H56N2O15.